The molecule has 2 rings (SSSR count). The van der Waals surface area contributed by atoms with E-state index in [1.807, 2.05) is 0 Å². The Bertz CT molecular complexity index is 447. The molecule has 0 nitrogen and oxygen atoms in total. The van der Waals surface area contributed by atoms with Crippen molar-refractivity contribution in [3.63, 3.8) is 0 Å². The first-order chi connectivity index (χ1) is 7.09. The second-order valence-electron chi connectivity index (χ2n) is 4.55. The van der Waals surface area contributed by atoms with E-state index in [0.717, 1.165) is 0 Å². The Kier molecular flexibility index (Phi) is 2.52. The first kappa shape index (κ1) is 10.2. The monoisotopic (exact) mass is 198 g/mol. The van der Waals surface area contributed by atoms with E-state index in [9.17, 15) is 0 Å². The lowest BCUT2D eigenvalue weighted by molar-refractivity contribution is 0.877. The van der Waals surface area contributed by atoms with Gasteiger partial charge in [-0.3, -0.25) is 0 Å². The van der Waals surface area contributed by atoms with Gasteiger partial charge in [-0.2, -0.15) is 0 Å². The molecular formula is C15H18. The summed E-state index contributed by atoms with van der Waals surface area (Å²) in [5, 5.41) is 0. The highest BCUT2D eigenvalue weighted by atomic mass is 14.1. The smallest absolute Gasteiger partial charge is 0.00477 e. The topological polar surface area (TPSA) is 0 Å². The number of rotatable bonds is 0. The molecule has 0 heteroatoms. The van der Waals surface area contributed by atoms with Gasteiger partial charge in [-0.25, -0.2) is 0 Å². The van der Waals surface area contributed by atoms with Crippen LogP contribution in [-0.2, 0) is 0 Å². The average molecular weight is 198 g/mol. The van der Waals surface area contributed by atoms with Gasteiger partial charge in [0.15, 0.2) is 0 Å². The zero-order chi connectivity index (χ0) is 11.0. The molecule has 15 heavy (non-hydrogen) atoms. The third-order valence-electron chi connectivity index (χ3n) is 3.47. The largest absolute Gasteiger partial charge is 0.0770 e. The van der Waals surface area contributed by atoms with E-state index in [2.05, 4.69) is 58.1 Å². The molecule has 0 N–H and O–H groups in total. The van der Waals surface area contributed by atoms with Crippen molar-refractivity contribution in [2.75, 3.05) is 0 Å². The molecule has 1 aliphatic carbocycles. The molecule has 0 saturated heterocycles. The van der Waals surface area contributed by atoms with Crippen molar-refractivity contribution in [1.82, 2.24) is 0 Å². The number of aryl methyl sites for hydroxylation is 1. The summed E-state index contributed by atoms with van der Waals surface area (Å²) in [6.07, 6.45) is 6.88. The number of benzene rings is 1. The molecule has 1 aliphatic rings. The minimum absolute atomic E-state index is 0.553. The zero-order valence-corrected chi connectivity index (χ0v) is 9.96. The highest BCUT2D eigenvalue weighted by Gasteiger charge is 2.09. The molecule has 0 saturated carbocycles. The fourth-order valence-electron chi connectivity index (χ4n) is 1.97. The van der Waals surface area contributed by atoms with E-state index in [-0.39, 0.29) is 0 Å². The minimum Gasteiger partial charge on any atom is -0.0770 e. The number of hydrogen-bond donors (Lipinski definition) is 0. The maximum absolute atomic E-state index is 2.31. The van der Waals surface area contributed by atoms with E-state index in [0.29, 0.717) is 5.92 Å². The van der Waals surface area contributed by atoms with Gasteiger partial charge in [-0.05, 0) is 48.9 Å². The predicted molar refractivity (Wildman–Crippen MR) is 67.8 cm³/mol. The summed E-state index contributed by atoms with van der Waals surface area (Å²) in [6.45, 7) is 8.84. The van der Waals surface area contributed by atoms with Gasteiger partial charge in [0, 0.05) is 0 Å². The third-order valence-corrected chi connectivity index (χ3v) is 3.47. The third kappa shape index (κ3) is 1.77. The standard InChI is InChI=1S/C15H18/c1-10-6-8-15-13(4)11(2)5-7-14(15)9-12(10)3/h5-10H,1-4H3. The number of fused-ring (bicyclic) bond motifs is 1. The lowest BCUT2D eigenvalue weighted by Crippen LogP contribution is -1.89. The van der Waals surface area contributed by atoms with Gasteiger partial charge in [-0.1, -0.05) is 42.9 Å². The lowest BCUT2D eigenvalue weighted by Gasteiger charge is -2.08. The molecule has 0 aromatic heterocycles. The van der Waals surface area contributed by atoms with Crippen LogP contribution < -0.4 is 0 Å². The number of allylic oxidation sites excluding steroid dienone is 2. The van der Waals surface area contributed by atoms with Crippen molar-refractivity contribution in [3.05, 3.63) is 46.0 Å². The van der Waals surface area contributed by atoms with Crippen LogP contribution >= 0.6 is 0 Å². The first-order valence-electron chi connectivity index (χ1n) is 5.56. The van der Waals surface area contributed by atoms with Crippen LogP contribution in [-0.4, -0.2) is 0 Å². The second kappa shape index (κ2) is 3.69. The summed E-state index contributed by atoms with van der Waals surface area (Å²) >= 11 is 0. The van der Waals surface area contributed by atoms with Gasteiger partial charge in [0.05, 0.1) is 0 Å². The maximum Gasteiger partial charge on any atom is -0.00477 e. The molecule has 0 radical (unpaired) electrons. The Morgan fingerprint density at radius 3 is 2.53 bits per heavy atom. The molecule has 1 atom stereocenters. The SMILES string of the molecule is CC1=Cc2ccc(C)c(C)c2C=CC1C. The van der Waals surface area contributed by atoms with Gasteiger partial charge in [0.25, 0.3) is 0 Å². The Hall–Kier alpha value is -1.30. The summed E-state index contributed by atoms with van der Waals surface area (Å²) in [5.74, 6) is 0.553. The normalized spacial score (nSPS) is 19.5. The van der Waals surface area contributed by atoms with Crippen LogP contribution in [0.2, 0.25) is 0 Å². The fraction of sp³-hybridized carbons (Fsp3) is 0.333. The van der Waals surface area contributed by atoms with Crippen molar-refractivity contribution in [3.8, 4) is 0 Å². The fourth-order valence-corrected chi connectivity index (χ4v) is 1.97. The minimum atomic E-state index is 0.553. The summed E-state index contributed by atoms with van der Waals surface area (Å²) < 4.78 is 0. The van der Waals surface area contributed by atoms with Crippen molar-refractivity contribution < 1.29 is 0 Å². The Morgan fingerprint density at radius 2 is 1.80 bits per heavy atom. The van der Waals surface area contributed by atoms with E-state index >= 15 is 0 Å². The molecule has 78 valence electrons. The summed E-state index contributed by atoms with van der Waals surface area (Å²) in [6, 6.07) is 4.44. The molecule has 0 spiro atoms. The molecule has 0 fully saturated rings. The highest BCUT2D eigenvalue weighted by molar-refractivity contribution is 5.72. The van der Waals surface area contributed by atoms with Crippen LogP contribution in [0, 0.1) is 19.8 Å². The van der Waals surface area contributed by atoms with Crippen molar-refractivity contribution in [2.45, 2.75) is 27.7 Å². The molecule has 1 unspecified atom stereocenters. The molecular weight excluding hydrogens is 180 g/mol. The van der Waals surface area contributed by atoms with Crippen LogP contribution in [0.1, 0.15) is 36.1 Å². The van der Waals surface area contributed by atoms with Crippen LogP contribution in [0.5, 0.6) is 0 Å². The van der Waals surface area contributed by atoms with Crippen molar-refractivity contribution in [2.24, 2.45) is 5.92 Å². The molecule has 0 bridgehead atoms. The van der Waals surface area contributed by atoms with Crippen LogP contribution in [0.25, 0.3) is 12.2 Å². The second-order valence-corrected chi connectivity index (χ2v) is 4.55. The van der Waals surface area contributed by atoms with Crippen molar-refractivity contribution >= 4 is 12.2 Å². The van der Waals surface area contributed by atoms with Crippen LogP contribution in [0.15, 0.2) is 23.8 Å². The predicted octanol–water partition coefficient (Wildman–Crippen LogP) is 4.37. The molecule has 0 aliphatic heterocycles. The molecule has 1 aromatic carbocycles. The maximum atomic E-state index is 2.31. The quantitative estimate of drug-likeness (QED) is 0.580. The average Bonchev–Trinajstić information content (AvgIpc) is 2.35. The molecule has 0 heterocycles. The number of hydrogen-bond acceptors (Lipinski definition) is 0. The van der Waals surface area contributed by atoms with Gasteiger partial charge in [0.1, 0.15) is 0 Å². The molecule has 1 aromatic rings. The van der Waals surface area contributed by atoms with Crippen LogP contribution in [0.4, 0.5) is 0 Å². The Labute approximate surface area is 92.3 Å². The van der Waals surface area contributed by atoms with E-state index in [4.69, 9.17) is 0 Å². The first-order valence-corrected chi connectivity index (χ1v) is 5.56. The lowest BCUT2D eigenvalue weighted by atomic mass is 9.97. The highest BCUT2D eigenvalue weighted by Crippen LogP contribution is 2.28. The van der Waals surface area contributed by atoms with E-state index in [1.54, 1.807) is 0 Å². The van der Waals surface area contributed by atoms with Gasteiger partial charge in [0.2, 0.25) is 0 Å². The van der Waals surface area contributed by atoms with E-state index in [1.165, 1.54) is 27.8 Å². The Balaban J connectivity index is 2.66. The Morgan fingerprint density at radius 1 is 1.07 bits per heavy atom. The zero-order valence-electron chi connectivity index (χ0n) is 9.96. The summed E-state index contributed by atoms with van der Waals surface area (Å²) in [4.78, 5) is 0. The summed E-state index contributed by atoms with van der Waals surface area (Å²) in [5.41, 5.74) is 6.96. The van der Waals surface area contributed by atoms with Gasteiger partial charge >= 0.3 is 0 Å². The van der Waals surface area contributed by atoms with E-state index < -0.39 is 0 Å². The van der Waals surface area contributed by atoms with Gasteiger partial charge < -0.3 is 0 Å². The molecule has 0 amide bonds. The summed E-state index contributed by atoms with van der Waals surface area (Å²) in [7, 11) is 0. The van der Waals surface area contributed by atoms with Crippen LogP contribution in [0.3, 0.4) is 0 Å². The van der Waals surface area contributed by atoms with Crippen molar-refractivity contribution in [1.29, 1.82) is 0 Å². The van der Waals surface area contributed by atoms with Gasteiger partial charge in [-0.15, -0.1) is 0 Å².